The van der Waals surface area contributed by atoms with Crippen LogP contribution in [0.2, 0.25) is 0 Å². The lowest BCUT2D eigenvalue weighted by atomic mass is 9.80. The second-order valence-electron chi connectivity index (χ2n) is 6.49. The molecule has 2 atom stereocenters. The Morgan fingerprint density at radius 2 is 2.13 bits per heavy atom. The van der Waals surface area contributed by atoms with Crippen LogP contribution in [0.25, 0.3) is 0 Å². The normalized spacial score (nSPS) is 23.0. The minimum atomic E-state index is 0.0279. The highest BCUT2D eigenvalue weighted by molar-refractivity contribution is 5.82. The molecular formula is C19H22N2O2. The van der Waals surface area contributed by atoms with Crippen molar-refractivity contribution in [1.82, 2.24) is 5.32 Å². The SMILES string of the molecule is O=C(NCc1ccco1)[C@@H]1Cc2ccccc2N2CCCC[C@@H]12. The van der Waals surface area contributed by atoms with E-state index in [1.807, 2.05) is 12.1 Å². The average molecular weight is 310 g/mol. The summed E-state index contributed by atoms with van der Waals surface area (Å²) in [6.07, 6.45) is 6.01. The van der Waals surface area contributed by atoms with Gasteiger partial charge in [0.15, 0.2) is 0 Å². The Hall–Kier alpha value is -2.23. The first-order chi connectivity index (χ1) is 11.3. The molecule has 1 aromatic carbocycles. The molecule has 4 nitrogen and oxygen atoms in total. The van der Waals surface area contributed by atoms with Crippen LogP contribution < -0.4 is 10.2 Å². The number of hydrogen-bond acceptors (Lipinski definition) is 3. The molecule has 23 heavy (non-hydrogen) atoms. The monoisotopic (exact) mass is 310 g/mol. The fourth-order valence-corrected chi connectivity index (χ4v) is 4.00. The van der Waals surface area contributed by atoms with E-state index in [9.17, 15) is 4.79 Å². The Labute approximate surface area is 136 Å². The van der Waals surface area contributed by atoms with Gasteiger partial charge in [0.05, 0.1) is 18.7 Å². The van der Waals surface area contributed by atoms with E-state index in [0.717, 1.165) is 25.1 Å². The fraction of sp³-hybridized carbons (Fsp3) is 0.421. The summed E-state index contributed by atoms with van der Waals surface area (Å²) in [6.45, 7) is 1.53. The number of para-hydroxylation sites is 1. The number of benzene rings is 1. The van der Waals surface area contributed by atoms with Crippen LogP contribution in [-0.4, -0.2) is 18.5 Å². The number of hydrogen-bond donors (Lipinski definition) is 1. The molecule has 0 unspecified atom stereocenters. The van der Waals surface area contributed by atoms with E-state index in [1.54, 1.807) is 6.26 Å². The van der Waals surface area contributed by atoms with Gasteiger partial charge in [0.25, 0.3) is 0 Å². The summed E-state index contributed by atoms with van der Waals surface area (Å²) in [5.41, 5.74) is 2.62. The lowest BCUT2D eigenvalue weighted by Gasteiger charge is -2.46. The van der Waals surface area contributed by atoms with E-state index in [0.29, 0.717) is 12.6 Å². The highest BCUT2D eigenvalue weighted by atomic mass is 16.3. The van der Waals surface area contributed by atoms with Crippen LogP contribution in [0.5, 0.6) is 0 Å². The van der Waals surface area contributed by atoms with Crippen molar-refractivity contribution in [3.05, 3.63) is 54.0 Å². The van der Waals surface area contributed by atoms with Crippen LogP contribution in [0, 0.1) is 5.92 Å². The number of nitrogens with zero attached hydrogens (tertiary/aromatic N) is 1. The summed E-state index contributed by atoms with van der Waals surface area (Å²) in [6, 6.07) is 12.6. The number of rotatable bonds is 3. The molecule has 1 aromatic heterocycles. The number of carbonyl (C=O) groups is 1. The predicted octanol–water partition coefficient (Wildman–Crippen LogP) is 3.13. The van der Waals surface area contributed by atoms with Crippen molar-refractivity contribution in [3.63, 3.8) is 0 Å². The Morgan fingerprint density at radius 3 is 3.00 bits per heavy atom. The Balaban J connectivity index is 1.54. The lowest BCUT2D eigenvalue weighted by molar-refractivity contribution is -0.126. The maximum Gasteiger partial charge on any atom is 0.225 e. The molecule has 0 aliphatic carbocycles. The highest BCUT2D eigenvalue weighted by Crippen LogP contribution is 2.38. The molecule has 2 aliphatic heterocycles. The van der Waals surface area contributed by atoms with Crippen LogP contribution in [-0.2, 0) is 17.8 Å². The van der Waals surface area contributed by atoms with E-state index < -0.39 is 0 Å². The van der Waals surface area contributed by atoms with E-state index in [4.69, 9.17) is 4.42 Å². The molecule has 1 saturated heterocycles. The molecule has 0 saturated carbocycles. The number of fused-ring (bicyclic) bond motifs is 3. The van der Waals surface area contributed by atoms with Crippen LogP contribution in [0.1, 0.15) is 30.6 Å². The van der Waals surface area contributed by atoms with Crippen molar-refractivity contribution in [2.24, 2.45) is 5.92 Å². The first-order valence-corrected chi connectivity index (χ1v) is 8.47. The topological polar surface area (TPSA) is 45.5 Å². The smallest absolute Gasteiger partial charge is 0.225 e. The molecule has 3 heterocycles. The van der Waals surface area contributed by atoms with Crippen molar-refractivity contribution in [2.45, 2.75) is 38.3 Å². The first kappa shape index (κ1) is 14.4. The second-order valence-corrected chi connectivity index (χ2v) is 6.49. The second kappa shape index (κ2) is 6.11. The quantitative estimate of drug-likeness (QED) is 0.947. The summed E-state index contributed by atoms with van der Waals surface area (Å²) in [5.74, 6) is 0.975. The molecule has 2 aliphatic rings. The number of nitrogens with one attached hydrogen (secondary N) is 1. The molecule has 120 valence electrons. The molecule has 1 fully saturated rings. The van der Waals surface area contributed by atoms with Gasteiger partial charge in [0, 0.05) is 18.3 Å². The van der Waals surface area contributed by atoms with Crippen LogP contribution in [0.15, 0.2) is 47.1 Å². The third-order valence-electron chi connectivity index (χ3n) is 5.11. The number of piperidine rings is 1. The third-order valence-corrected chi connectivity index (χ3v) is 5.11. The summed E-state index contributed by atoms with van der Waals surface area (Å²) in [5, 5.41) is 3.06. The van der Waals surface area contributed by atoms with E-state index in [2.05, 4.69) is 34.5 Å². The number of amides is 1. The van der Waals surface area contributed by atoms with Crippen molar-refractivity contribution in [2.75, 3.05) is 11.4 Å². The molecule has 0 bridgehead atoms. The average Bonchev–Trinajstić information content (AvgIpc) is 3.12. The number of anilines is 1. The molecular weight excluding hydrogens is 288 g/mol. The molecule has 4 rings (SSSR count). The Bertz CT molecular complexity index is 680. The summed E-state index contributed by atoms with van der Waals surface area (Å²) in [4.78, 5) is 15.2. The summed E-state index contributed by atoms with van der Waals surface area (Å²) in [7, 11) is 0. The Kier molecular flexibility index (Phi) is 3.82. The first-order valence-electron chi connectivity index (χ1n) is 8.47. The van der Waals surface area contributed by atoms with Gasteiger partial charge in [-0.05, 0) is 49.4 Å². The van der Waals surface area contributed by atoms with Gasteiger partial charge < -0.3 is 14.6 Å². The van der Waals surface area contributed by atoms with Crippen LogP contribution in [0.4, 0.5) is 5.69 Å². The maximum atomic E-state index is 12.8. The molecule has 2 aromatic rings. The van der Waals surface area contributed by atoms with Gasteiger partial charge in [-0.15, -0.1) is 0 Å². The maximum absolute atomic E-state index is 12.8. The summed E-state index contributed by atoms with van der Waals surface area (Å²) >= 11 is 0. The van der Waals surface area contributed by atoms with Gasteiger partial charge in [-0.25, -0.2) is 0 Å². The van der Waals surface area contributed by atoms with E-state index in [1.165, 1.54) is 24.1 Å². The molecule has 1 N–H and O–H groups in total. The predicted molar refractivity (Wildman–Crippen MR) is 89.2 cm³/mol. The zero-order valence-corrected chi connectivity index (χ0v) is 13.2. The Morgan fingerprint density at radius 1 is 1.22 bits per heavy atom. The number of furan rings is 1. The van der Waals surface area contributed by atoms with Crippen molar-refractivity contribution < 1.29 is 9.21 Å². The minimum absolute atomic E-state index is 0.0279. The van der Waals surface area contributed by atoms with Gasteiger partial charge >= 0.3 is 0 Å². The minimum Gasteiger partial charge on any atom is -0.467 e. The standard InChI is InChI=1S/C19H22N2O2/c22-19(20-13-15-7-5-11-23-15)16-12-14-6-1-2-8-17(14)21-10-4-3-9-18(16)21/h1-2,5-8,11,16,18H,3-4,9-10,12-13H2,(H,20,22)/t16-,18+/m1/s1. The van der Waals surface area contributed by atoms with Gasteiger partial charge in [-0.3, -0.25) is 4.79 Å². The molecule has 0 spiro atoms. The van der Waals surface area contributed by atoms with E-state index in [-0.39, 0.29) is 11.8 Å². The summed E-state index contributed by atoms with van der Waals surface area (Å²) < 4.78 is 5.31. The highest BCUT2D eigenvalue weighted by Gasteiger charge is 2.39. The van der Waals surface area contributed by atoms with Crippen molar-refractivity contribution >= 4 is 11.6 Å². The van der Waals surface area contributed by atoms with Crippen LogP contribution >= 0.6 is 0 Å². The van der Waals surface area contributed by atoms with Gasteiger partial charge in [0.2, 0.25) is 5.91 Å². The lowest BCUT2D eigenvalue weighted by Crippen LogP contribution is -2.53. The van der Waals surface area contributed by atoms with Gasteiger partial charge in [-0.1, -0.05) is 18.2 Å². The number of carbonyl (C=O) groups excluding carboxylic acids is 1. The molecule has 1 amide bonds. The van der Waals surface area contributed by atoms with Gasteiger partial charge in [-0.2, -0.15) is 0 Å². The van der Waals surface area contributed by atoms with Crippen LogP contribution in [0.3, 0.4) is 0 Å². The largest absolute Gasteiger partial charge is 0.467 e. The van der Waals surface area contributed by atoms with Crippen molar-refractivity contribution in [3.8, 4) is 0 Å². The molecule has 0 radical (unpaired) electrons. The fourth-order valence-electron chi connectivity index (χ4n) is 4.00. The third kappa shape index (κ3) is 2.74. The van der Waals surface area contributed by atoms with Crippen molar-refractivity contribution in [1.29, 1.82) is 0 Å². The van der Waals surface area contributed by atoms with E-state index >= 15 is 0 Å². The van der Waals surface area contributed by atoms with Gasteiger partial charge in [0.1, 0.15) is 5.76 Å². The zero-order chi connectivity index (χ0) is 15.6. The zero-order valence-electron chi connectivity index (χ0n) is 13.2. The molecule has 4 heteroatoms.